The zero-order valence-electron chi connectivity index (χ0n) is 17.9. The lowest BCUT2D eigenvalue weighted by Crippen LogP contribution is -2.54. The number of halogens is 2. The highest BCUT2D eigenvalue weighted by molar-refractivity contribution is 6.42. The first-order valence-corrected chi connectivity index (χ1v) is 10.5. The van der Waals surface area contributed by atoms with E-state index in [1.165, 1.54) is 37.5 Å². The number of nitrogens with zero attached hydrogens (tertiary/aromatic N) is 1. The molecule has 0 atom stereocenters. The molecule has 3 aromatic rings. The lowest BCUT2D eigenvalue weighted by Gasteiger charge is -2.27. The van der Waals surface area contributed by atoms with Crippen molar-refractivity contribution in [2.24, 2.45) is 0 Å². The van der Waals surface area contributed by atoms with E-state index in [0.717, 1.165) is 10.5 Å². The second-order valence-corrected chi connectivity index (χ2v) is 7.64. The van der Waals surface area contributed by atoms with E-state index in [2.05, 4.69) is 5.32 Å². The Morgan fingerprint density at radius 3 is 2.44 bits per heavy atom. The molecule has 3 aromatic carbocycles. The average molecular weight is 481 g/mol. The Morgan fingerprint density at radius 1 is 1.00 bits per heavy atom. The van der Waals surface area contributed by atoms with Crippen LogP contribution in [-0.4, -0.2) is 25.0 Å². The van der Waals surface area contributed by atoms with Crippen LogP contribution in [0.25, 0.3) is 6.08 Å². The molecule has 1 heterocycles. The molecule has 1 N–H and O–H groups in total. The number of rotatable bonds is 6. The molecule has 0 radical (unpaired) electrons. The van der Waals surface area contributed by atoms with Crippen molar-refractivity contribution in [1.82, 2.24) is 5.32 Å². The van der Waals surface area contributed by atoms with Crippen LogP contribution < -0.4 is 19.7 Å². The van der Waals surface area contributed by atoms with Gasteiger partial charge in [-0.05, 0) is 53.6 Å². The van der Waals surface area contributed by atoms with Gasteiger partial charge in [-0.15, -0.1) is 0 Å². The van der Waals surface area contributed by atoms with Gasteiger partial charge in [-0.25, -0.2) is 14.1 Å². The van der Waals surface area contributed by atoms with Crippen LogP contribution >= 0.6 is 11.6 Å². The highest BCUT2D eigenvalue weighted by Crippen LogP contribution is 2.32. The number of nitrogens with one attached hydrogen (secondary N) is 1. The van der Waals surface area contributed by atoms with Crippen LogP contribution in [0, 0.1) is 5.82 Å². The number of hydrogen-bond acceptors (Lipinski definition) is 5. The Morgan fingerprint density at radius 2 is 1.74 bits per heavy atom. The van der Waals surface area contributed by atoms with Crippen LogP contribution in [0.1, 0.15) is 11.1 Å². The molecule has 1 aliphatic heterocycles. The van der Waals surface area contributed by atoms with Gasteiger partial charge in [-0.2, -0.15) is 0 Å². The van der Waals surface area contributed by atoms with Crippen LogP contribution in [0.2, 0.25) is 5.02 Å². The lowest BCUT2D eigenvalue weighted by atomic mass is 10.1. The van der Waals surface area contributed by atoms with E-state index in [1.54, 1.807) is 42.5 Å². The molecular weight excluding hydrogens is 463 g/mol. The molecule has 0 saturated carbocycles. The van der Waals surface area contributed by atoms with E-state index < -0.39 is 17.8 Å². The molecule has 0 unspecified atom stereocenters. The van der Waals surface area contributed by atoms with Crippen LogP contribution in [0.4, 0.5) is 14.9 Å². The first-order chi connectivity index (χ1) is 16.4. The second-order valence-electron chi connectivity index (χ2n) is 7.23. The summed E-state index contributed by atoms with van der Waals surface area (Å²) in [5.74, 6) is -1.19. The third-order valence-corrected chi connectivity index (χ3v) is 5.32. The minimum Gasteiger partial charge on any atom is -0.493 e. The van der Waals surface area contributed by atoms with E-state index >= 15 is 0 Å². The zero-order chi connectivity index (χ0) is 24.2. The predicted octanol–water partition coefficient (Wildman–Crippen LogP) is 4.73. The van der Waals surface area contributed by atoms with Gasteiger partial charge in [0, 0.05) is 0 Å². The Hall–Kier alpha value is -4.17. The number of urea groups is 1. The first kappa shape index (κ1) is 23.0. The second kappa shape index (κ2) is 9.76. The van der Waals surface area contributed by atoms with Crippen molar-refractivity contribution in [3.05, 3.63) is 94.3 Å². The molecule has 172 valence electrons. The lowest BCUT2D eigenvalue weighted by molar-refractivity contribution is -0.122. The largest absolute Gasteiger partial charge is 0.493 e. The molecule has 4 rings (SSSR count). The number of amides is 4. The molecule has 0 spiro atoms. The standard InChI is InChI=1S/C25H18ClFN2O5/c1-33-22-13-16(8-11-21(22)34-14-15-6-9-17(27)10-7-15)12-18-23(30)28-25(32)29(24(18)31)20-5-3-2-4-19(20)26/h2-13H,14H2,1H3,(H,28,30,32)/b18-12+. The summed E-state index contributed by atoms with van der Waals surface area (Å²) in [6.07, 6.45) is 1.35. The number of hydrogen-bond donors (Lipinski definition) is 1. The molecular formula is C25H18ClFN2O5. The van der Waals surface area contributed by atoms with Crippen molar-refractivity contribution in [3.8, 4) is 11.5 Å². The number of ether oxygens (including phenoxy) is 2. The summed E-state index contributed by atoms with van der Waals surface area (Å²) >= 11 is 6.14. The van der Waals surface area contributed by atoms with Gasteiger partial charge < -0.3 is 9.47 Å². The summed E-state index contributed by atoms with van der Waals surface area (Å²) in [7, 11) is 1.45. The maximum absolute atomic E-state index is 13.1. The SMILES string of the molecule is COc1cc(/C=C2\C(=O)NC(=O)N(c3ccccc3Cl)C2=O)ccc1OCc1ccc(F)cc1. The van der Waals surface area contributed by atoms with E-state index in [0.29, 0.717) is 17.1 Å². The molecule has 1 fully saturated rings. The minimum absolute atomic E-state index is 0.159. The first-order valence-electron chi connectivity index (χ1n) is 10.1. The maximum atomic E-state index is 13.1. The quantitative estimate of drug-likeness (QED) is 0.407. The number of imide groups is 2. The molecule has 0 bridgehead atoms. The van der Waals surface area contributed by atoms with Gasteiger partial charge in [0.05, 0.1) is 17.8 Å². The molecule has 1 saturated heterocycles. The van der Waals surface area contributed by atoms with Gasteiger partial charge in [0.2, 0.25) is 0 Å². The smallest absolute Gasteiger partial charge is 0.335 e. The number of benzene rings is 3. The van der Waals surface area contributed by atoms with Gasteiger partial charge in [-0.1, -0.05) is 41.9 Å². The zero-order valence-corrected chi connectivity index (χ0v) is 18.6. The molecule has 4 amide bonds. The van der Waals surface area contributed by atoms with Gasteiger partial charge in [0.1, 0.15) is 18.0 Å². The molecule has 0 aliphatic carbocycles. The fourth-order valence-corrected chi connectivity index (χ4v) is 3.53. The summed E-state index contributed by atoms with van der Waals surface area (Å²) in [6.45, 7) is 0.187. The summed E-state index contributed by atoms with van der Waals surface area (Å²) in [5, 5.41) is 2.34. The van der Waals surface area contributed by atoms with E-state index in [4.69, 9.17) is 21.1 Å². The number of carbonyl (C=O) groups excluding carboxylic acids is 3. The Labute approximate surface area is 199 Å². The highest BCUT2D eigenvalue weighted by atomic mass is 35.5. The molecule has 9 heteroatoms. The van der Waals surface area contributed by atoms with Gasteiger partial charge in [-0.3, -0.25) is 14.9 Å². The van der Waals surface area contributed by atoms with Crippen LogP contribution in [-0.2, 0) is 16.2 Å². The van der Waals surface area contributed by atoms with Crippen molar-refractivity contribution >= 4 is 41.2 Å². The summed E-state index contributed by atoms with van der Waals surface area (Å²) in [4.78, 5) is 38.6. The van der Waals surface area contributed by atoms with Crippen LogP contribution in [0.15, 0.2) is 72.3 Å². The van der Waals surface area contributed by atoms with Crippen molar-refractivity contribution in [1.29, 1.82) is 0 Å². The average Bonchev–Trinajstić information content (AvgIpc) is 2.83. The molecule has 0 aromatic heterocycles. The van der Waals surface area contributed by atoms with Crippen molar-refractivity contribution in [2.75, 3.05) is 12.0 Å². The van der Waals surface area contributed by atoms with E-state index in [1.807, 2.05) is 0 Å². The number of methoxy groups -OCH3 is 1. The van der Waals surface area contributed by atoms with Gasteiger partial charge >= 0.3 is 6.03 Å². The Bertz CT molecular complexity index is 1310. The van der Waals surface area contributed by atoms with Crippen LogP contribution in [0.3, 0.4) is 0 Å². The maximum Gasteiger partial charge on any atom is 0.335 e. The number of para-hydroxylation sites is 1. The molecule has 7 nitrogen and oxygen atoms in total. The number of barbiturate groups is 1. The molecule has 1 aliphatic rings. The summed E-state index contributed by atoms with van der Waals surface area (Å²) in [5.41, 5.74) is 1.15. The monoisotopic (exact) mass is 480 g/mol. The van der Waals surface area contributed by atoms with E-state index in [9.17, 15) is 18.8 Å². The topological polar surface area (TPSA) is 84.9 Å². The van der Waals surface area contributed by atoms with Gasteiger partial charge in [0.25, 0.3) is 11.8 Å². The van der Waals surface area contributed by atoms with Crippen molar-refractivity contribution in [3.63, 3.8) is 0 Å². The number of carbonyl (C=O) groups is 3. The molecule has 34 heavy (non-hydrogen) atoms. The summed E-state index contributed by atoms with van der Waals surface area (Å²) in [6, 6.07) is 16.2. The predicted molar refractivity (Wildman–Crippen MR) is 124 cm³/mol. The Balaban J connectivity index is 1.60. The Kier molecular flexibility index (Phi) is 6.60. The normalized spacial score (nSPS) is 14.9. The summed E-state index contributed by atoms with van der Waals surface area (Å²) < 4.78 is 24.2. The minimum atomic E-state index is -0.887. The third kappa shape index (κ3) is 4.77. The van der Waals surface area contributed by atoms with Gasteiger partial charge in [0.15, 0.2) is 11.5 Å². The fraction of sp³-hybridized carbons (Fsp3) is 0.0800. The third-order valence-electron chi connectivity index (χ3n) is 5.00. The number of anilines is 1. The van der Waals surface area contributed by atoms with Crippen molar-refractivity contribution < 1.29 is 28.2 Å². The fourth-order valence-electron chi connectivity index (χ4n) is 3.31. The van der Waals surface area contributed by atoms with Crippen LogP contribution in [0.5, 0.6) is 11.5 Å². The van der Waals surface area contributed by atoms with E-state index in [-0.39, 0.29) is 28.7 Å². The van der Waals surface area contributed by atoms with Crippen molar-refractivity contribution in [2.45, 2.75) is 6.61 Å². The highest BCUT2D eigenvalue weighted by Gasteiger charge is 2.37.